The minimum atomic E-state index is 0.704. The second-order valence-electron chi connectivity index (χ2n) is 6.12. The highest BCUT2D eigenvalue weighted by molar-refractivity contribution is 4.60. The molecule has 20 heavy (non-hydrogen) atoms. The topological polar surface area (TPSA) is 19.7 Å². The molecule has 0 radical (unpaired) electrons. The molecule has 0 fully saturated rings. The molecule has 1 N–H and O–H groups in total. The van der Waals surface area contributed by atoms with E-state index in [9.17, 15) is 0 Å². The minimum Gasteiger partial charge on any atom is -0.250 e. The number of aromatic nitrogens is 2. The molecule has 0 bridgehead atoms. The first-order valence-corrected chi connectivity index (χ1v) is 8.92. The molecule has 0 aliphatic rings. The highest BCUT2D eigenvalue weighted by atomic mass is 15.0. The Morgan fingerprint density at radius 1 is 0.800 bits per heavy atom. The molecule has 1 rings (SSSR count). The third-order valence-electron chi connectivity index (χ3n) is 4.25. The summed E-state index contributed by atoms with van der Waals surface area (Å²) in [5, 5.41) is 0. The van der Waals surface area contributed by atoms with Gasteiger partial charge in [0, 0.05) is 0 Å². The quantitative estimate of drug-likeness (QED) is 0.360. The summed E-state index contributed by atoms with van der Waals surface area (Å²) in [5.74, 6) is 0. The Hall–Kier alpha value is -0.790. The van der Waals surface area contributed by atoms with E-state index >= 15 is 0 Å². The van der Waals surface area contributed by atoms with Gasteiger partial charge < -0.3 is 0 Å². The molecule has 2 nitrogen and oxygen atoms in total. The van der Waals surface area contributed by atoms with Gasteiger partial charge in [-0.1, -0.05) is 71.6 Å². The van der Waals surface area contributed by atoms with E-state index in [-0.39, 0.29) is 0 Å². The first-order chi connectivity index (χ1) is 9.88. The van der Waals surface area contributed by atoms with Gasteiger partial charge in [-0.2, -0.15) is 0 Å². The average Bonchev–Trinajstić information content (AvgIpc) is 2.98. The smallest absolute Gasteiger partial charge is 0.241 e. The van der Waals surface area contributed by atoms with Gasteiger partial charge in [0.25, 0.3) is 0 Å². The van der Waals surface area contributed by atoms with Gasteiger partial charge in [-0.3, -0.25) is 4.98 Å². The summed E-state index contributed by atoms with van der Waals surface area (Å²) in [7, 11) is 0. The third kappa shape index (κ3) is 7.72. The maximum atomic E-state index is 3.17. The van der Waals surface area contributed by atoms with Gasteiger partial charge in [0.15, 0.2) is 0 Å². The van der Waals surface area contributed by atoms with Crippen molar-refractivity contribution in [2.45, 2.75) is 96.9 Å². The molecule has 0 aliphatic heterocycles. The third-order valence-corrected chi connectivity index (χ3v) is 4.25. The number of rotatable bonds is 13. The Bertz CT molecular complexity index is 292. The predicted octanol–water partition coefficient (Wildman–Crippen LogP) is 5.56. The summed E-state index contributed by atoms with van der Waals surface area (Å²) in [6.45, 7) is 4.58. The van der Waals surface area contributed by atoms with Crippen LogP contribution in [0.1, 0.15) is 96.9 Å². The monoisotopic (exact) mass is 279 g/mol. The molecule has 0 aromatic carbocycles. The van der Waals surface area contributed by atoms with Crippen molar-refractivity contribution in [2.24, 2.45) is 0 Å². The number of H-pyrrole nitrogens is 1. The predicted molar refractivity (Wildman–Crippen MR) is 86.8 cm³/mol. The number of unbranched alkanes of at least 4 members (excludes halogenated alkanes) is 8. The van der Waals surface area contributed by atoms with Crippen LogP contribution in [-0.2, 0) is 0 Å². The van der Waals surface area contributed by atoms with Gasteiger partial charge in [-0.15, -0.1) is 0 Å². The summed E-state index contributed by atoms with van der Waals surface area (Å²) < 4.78 is 2.36. The van der Waals surface area contributed by atoms with Crippen molar-refractivity contribution in [1.29, 1.82) is 0 Å². The van der Waals surface area contributed by atoms with Crippen LogP contribution in [0.5, 0.6) is 0 Å². The zero-order valence-corrected chi connectivity index (χ0v) is 13.7. The van der Waals surface area contributed by atoms with E-state index in [1.165, 1.54) is 77.0 Å². The summed E-state index contributed by atoms with van der Waals surface area (Å²) in [5.41, 5.74) is 0. The van der Waals surface area contributed by atoms with Gasteiger partial charge in [0.2, 0.25) is 6.33 Å². The molecule has 1 heterocycles. The summed E-state index contributed by atoms with van der Waals surface area (Å²) >= 11 is 0. The molecule has 0 saturated heterocycles. The first-order valence-electron chi connectivity index (χ1n) is 8.92. The van der Waals surface area contributed by atoms with E-state index in [0.717, 1.165) is 0 Å². The molecular weight excluding hydrogens is 244 g/mol. The van der Waals surface area contributed by atoms with Crippen molar-refractivity contribution in [2.75, 3.05) is 0 Å². The molecular formula is C18H35N2+. The lowest BCUT2D eigenvalue weighted by atomic mass is 10.0. The largest absolute Gasteiger partial charge is 0.250 e. The number of hydrogen-bond acceptors (Lipinski definition) is 0. The van der Waals surface area contributed by atoms with Gasteiger partial charge in [0.05, 0.1) is 0 Å². The van der Waals surface area contributed by atoms with Crippen LogP contribution in [0.4, 0.5) is 0 Å². The van der Waals surface area contributed by atoms with Crippen LogP contribution in [-0.4, -0.2) is 4.98 Å². The summed E-state index contributed by atoms with van der Waals surface area (Å²) in [6.07, 6.45) is 23.0. The lowest BCUT2D eigenvalue weighted by Crippen LogP contribution is -2.36. The van der Waals surface area contributed by atoms with Gasteiger partial charge >= 0.3 is 0 Å². The Morgan fingerprint density at radius 2 is 1.45 bits per heavy atom. The molecule has 0 aliphatic carbocycles. The van der Waals surface area contributed by atoms with Crippen molar-refractivity contribution in [1.82, 2.24) is 4.98 Å². The molecule has 1 aromatic heterocycles. The van der Waals surface area contributed by atoms with Gasteiger partial charge in [0.1, 0.15) is 18.4 Å². The van der Waals surface area contributed by atoms with Crippen LogP contribution in [0.2, 0.25) is 0 Å². The lowest BCUT2D eigenvalue weighted by molar-refractivity contribution is -0.723. The number of nitrogens with zero attached hydrogens (tertiary/aromatic N) is 1. The summed E-state index contributed by atoms with van der Waals surface area (Å²) in [6, 6.07) is 0.704. The fourth-order valence-electron chi connectivity index (χ4n) is 2.99. The molecule has 116 valence electrons. The van der Waals surface area contributed by atoms with Crippen LogP contribution in [0.15, 0.2) is 18.7 Å². The Kier molecular flexibility index (Phi) is 10.3. The van der Waals surface area contributed by atoms with Gasteiger partial charge in [-0.25, -0.2) is 4.57 Å². The maximum absolute atomic E-state index is 3.17. The average molecular weight is 279 g/mol. The van der Waals surface area contributed by atoms with Gasteiger partial charge in [-0.05, 0) is 19.3 Å². The highest BCUT2D eigenvalue weighted by Gasteiger charge is 2.13. The SMILES string of the molecule is CCCCCCCCCCCC(CCC)[n+]1cc[nH]c1. The van der Waals surface area contributed by atoms with Crippen molar-refractivity contribution in [3.63, 3.8) is 0 Å². The van der Waals surface area contributed by atoms with E-state index < -0.39 is 0 Å². The van der Waals surface area contributed by atoms with Crippen molar-refractivity contribution in [3.05, 3.63) is 18.7 Å². The van der Waals surface area contributed by atoms with E-state index in [1.54, 1.807) is 0 Å². The Labute approximate surface area is 126 Å². The van der Waals surface area contributed by atoms with Crippen LogP contribution < -0.4 is 4.57 Å². The van der Waals surface area contributed by atoms with Crippen LogP contribution in [0.25, 0.3) is 0 Å². The van der Waals surface area contributed by atoms with E-state index in [4.69, 9.17) is 0 Å². The van der Waals surface area contributed by atoms with Crippen molar-refractivity contribution < 1.29 is 4.57 Å². The normalized spacial score (nSPS) is 12.7. The number of hydrogen-bond donors (Lipinski definition) is 1. The fourth-order valence-corrected chi connectivity index (χ4v) is 2.99. The van der Waals surface area contributed by atoms with E-state index in [2.05, 4.69) is 35.9 Å². The number of imidazole rings is 1. The first kappa shape index (κ1) is 17.3. The highest BCUT2D eigenvalue weighted by Crippen LogP contribution is 2.17. The molecule has 0 amide bonds. The van der Waals surface area contributed by atoms with Crippen LogP contribution >= 0.6 is 0 Å². The second-order valence-corrected chi connectivity index (χ2v) is 6.12. The molecule has 0 saturated carbocycles. The zero-order chi connectivity index (χ0) is 14.5. The van der Waals surface area contributed by atoms with E-state index in [1.807, 2.05) is 6.20 Å². The van der Waals surface area contributed by atoms with Crippen molar-refractivity contribution in [3.8, 4) is 0 Å². The second kappa shape index (κ2) is 12.0. The Morgan fingerprint density at radius 3 is 2.00 bits per heavy atom. The Balaban J connectivity index is 2.01. The fraction of sp³-hybridized carbons (Fsp3) is 0.833. The minimum absolute atomic E-state index is 0.704. The zero-order valence-electron chi connectivity index (χ0n) is 13.7. The molecule has 1 atom stereocenters. The standard InChI is InChI=1S/C18H34N2/c1-3-5-6-7-8-9-10-11-12-14-18(13-4-2)20-16-15-19-17-20/h15-18H,3-14H2,1-2H3/p+1. The molecule has 2 heteroatoms. The molecule has 1 unspecified atom stereocenters. The number of aromatic amines is 1. The van der Waals surface area contributed by atoms with Crippen molar-refractivity contribution >= 4 is 0 Å². The molecule has 1 aromatic rings. The summed E-state index contributed by atoms with van der Waals surface area (Å²) in [4.78, 5) is 3.17. The van der Waals surface area contributed by atoms with Crippen LogP contribution in [0, 0.1) is 0 Å². The molecule has 0 spiro atoms. The lowest BCUT2D eigenvalue weighted by Gasteiger charge is -2.12. The number of nitrogens with one attached hydrogen (secondary N) is 1. The van der Waals surface area contributed by atoms with Crippen LogP contribution in [0.3, 0.4) is 0 Å². The van der Waals surface area contributed by atoms with E-state index in [0.29, 0.717) is 6.04 Å². The maximum Gasteiger partial charge on any atom is 0.241 e.